The molecule has 0 aliphatic rings. The Bertz CT molecular complexity index is 658. The lowest BCUT2D eigenvalue weighted by molar-refractivity contribution is 0.0784. The van der Waals surface area contributed by atoms with Crippen LogP contribution in [0.4, 0.5) is 0 Å². The zero-order valence-corrected chi connectivity index (χ0v) is 14.0. The summed E-state index contributed by atoms with van der Waals surface area (Å²) in [6.45, 7) is 0.475. The van der Waals surface area contributed by atoms with E-state index in [-0.39, 0.29) is 11.7 Å². The molecule has 0 heterocycles. The van der Waals surface area contributed by atoms with Crippen LogP contribution in [0.2, 0.25) is 0 Å². The van der Waals surface area contributed by atoms with Gasteiger partial charge in [-0.25, -0.2) is 0 Å². The quantitative estimate of drug-likeness (QED) is 0.806. The van der Waals surface area contributed by atoms with Crippen molar-refractivity contribution in [3.8, 4) is 11.5 Å². The molecule has 2 aromatic rings. The van der Waals surface area contributed by atoms with E-state index >= 15 is 0 Å². The molecule has 0 radical (unpaired) electrons. The predicted octanol–water partition coefficient (Wildman–Crippen LogP) is 3.28. The van der Waals surface area contributed by atoms with Crippen molar-refractivity contribution in [3.05, 3.63) is 57.2 Å². The minimum atomic E-state index is -0.135. The van der Waals surface area contributed by atoms with E-state index in [1.54, 1.807) is 31.2 Å². The van der Waals surface area contributed by atoms with Gasteiger partial charge < -0.3 is 14.7 Å². The van der Waals surface area contributed by atoms with Crippen molar-refractivity contribution in [3.63, 3.8) is 0 Å². The number of carbonyl (C=O) groups excluding carboxylic acids is 1. The van der Waals surface area contributed by atoms with E-state index in [2.05, 4.69) is 0 Å². The van der Waals surface area contributed by atoms with Crippen molar-refractivity contribution in [2.45, 2.75) is 6.54 Å². The SMILES string of the molecule is COc1cccc(CN(C)C(=O)c2ccc(I)c(O)c2)c1. The zero-order valence-electron chi connectivity index (χ0n) is 11.8. The van der Waals surface area contributed by atoms with E-state index in [0.717, 1.165) is 14.9 Å². The highest BCUT2D eigenvalue weighted by atomic mass is 127. The molecule has 1 amide bonds. The van der Waals surface area contributed by atoms with Gasteiger partial charge in [0.2, 0.25) is 0 Å². The minimum absolute atomic E-state index is 0.122. The predicted molar refractivity (Wildman–Crippen MR) is 89.6 cm³/mol. The van der Waals surface area contributed by atoms with Gasteiger partial charge in [0.05, 0.1) is 10.7 Å². The molecule has 0 atom stereocenters. The number of hydrogen-bond donors (Lipinski definition) is 1. The fourth-order valence-corrected chi connectivity index (χ4v) is 2.32. The Kier molecular flexibility index (Phi) is 5.06. The monoisotopic (exact) mass is 397 g/mol. The summed E-state index contributed by atoms with van der Waals surface area (Å²) in [6, 6.07) is 12.5. The second-order valence-electron chi connectivity index (χ2n) is 4.68. The molecule has 0 fully saturated rings. The molecule has 0 aliphatic heterocycles. The van der Waals surface area contributed by atoms with Gasteiger partial charge in [-0.1, -0.05) is 12.1 Å². The average molecular weight is 397 g/mol. The Morgan fingerprint density at radius 3 is 2.71 bits per heavy atom. The highest BCUT2D eigenvalue weighted by Gasteiger charge is 2.13. The number of rotatable bonds is 4. The molecule has 5 heteroatoms. The summed E-state index contributed by atoms with van der Waals surface area (Å²) in [5.41, 5.74) is 1.46. The second kappa shape index (κ2) is 6.80. The molecule has 0 unspecified atom stereocenters. The van der Waals surface area contributed by atoms with Crippen LogP contribution in [-0.2, 0) is 6.54 Å². The third-order valence-corrected chi connectivity index (χ3v) is 4.01. The zero-order chi connectivity index (χ0) is 15.4. The summed E-state index contributed by atoms with van der Waals surface area (Å²) in [5.74, 6) is 0.751. The van der Waals surface area contributed by atoms with Crippen LogP contribution < -0.4 is 4.74 Å². The van der Waals surface area contributed by atoms with Crippen molar-refractivity contribution in [1.82, 2.24) is 4.90 Å². The van der Waals surface area contributed by atoms with Crippen molar-refractivity contribution < 1.29 is 14.6 Å². The number of aromatic hydroxyl groups is 1. The first-order valence-electron chi connectivity index (χ1n) is 6.38. The van der Waals surface area contributed by atoms with Crippen LogP contribution in [0.15, 0.2) is 42.5 Å². The summed E-state index contributed by atoms with van der Waals surface area (Å²) in [7, 11) is 3.35. The van der Waals surface area contributed by atoms with Crippen molar-refractivity contribution in [2.24, 2.45) is 0 Å². The van der Waals surface area contributed by atoms with Gasteiger partial charge in [-0.05, 0) is 58.5 Å². The number of nitrogens with zero attached hydrogens (tertiary/aromatic N) is 1. The fourth-order valence-electron chi connectivity index (χ4n) is 1.98. The van der Waals surface area contributed by atoms with Gasteiger partial charge in [-0.2, -0.15) is 0 Å². The fraction of sp³-hybridized carbons (Fsp3) is 0.188. The van der Waals surface area contributed by atoms with Gasteiger partial charge in [0.25, 0.3) is 5.91 Å². The molecular formula is C16H16INO3. The summed E-state index contributed by atoms with van der Waals surface area (Å²) in [6.07, 6.45) is 0. The number of phenols is 1. The minimum Gasteiger partial charge on any atom is -0.507 e. The first-order valence-corrected chi connectivity index (χ1v) is 7.46. The van der Waals surface area contributed by atoms with E-state index in [4.69, 9.17) is 4.74 Å². The molecular weight excluding hydrogens is 381 g/mol. The van der Waals surface area contributed by atoms with E-state index in [9.17, 15) is 9.90 Å². The Hall–Kier alpha value is -1.76. The number of phenolic OH excluding ortho intramolecular Hbond substituents is 1. The molecule has 110 valence electrons. The molecule has 0 spiro atoms. The number of methoxy groups -OCH3 is 1. The Labute approximate surface area is 137 Å². The molecule has 4 nitrogen and oxygen atoms in total. The molecule has 0 aliphatic carbocycles. The summed E-state index contributed by atoms with van der Waals surface area (Å²) < 4.78 is 5.89. The Morgan fingerprint density at radius 2 is 2.05 bits per heavy atom. The lowest BCUT2D eigenvalue weighted by Gasteiger charge is -2.18. The third kappa shape index (κ3) is 3.87. The lowest BCUT2D eigenvalue weighted by atomic mass is 10.1. The van der Waals surface area contributed by atoms with Crippen molar-refractivity contribution >= 4 is 28.5 Å². The van der Waals surface area contributed by atoms with E-state index in [0.29, 0.717) is 12.1 Å². The van der Waals surface area contributed by atoms with Crippen LogP contribution in [0.3, 0.4) is 0 Å². The van der Waals surface area contributed by atoms with Crippen LogP contribution in [0.25, 0.3) is 0 Å². The van der Waals surface area contributed by atoms with E-state index < -0.39 is 0 Å². The summed E-state index contributed by atoms with van der Waals surface area (Å²) >= 11 is 2.02. The van der Waals surface area contributed by atoms with Gasteiger partial charge in [0, 0.05) is 19.2 Å². The molecule has 2 aromatic carbocycles. The third-order valence-electron chi connectivity index (χ3n) is 3.09. The van der Waals surface area contributed by atoms with E-state index in [1.807, 2.05) is 46.9 Å². The van der Waals surface area contributed by atoms with Crippen molar-refractivity contribution in [1.29, 1.82) is 0 Å². The molecule has 0 aromatic heterocycles. The maximum absolute atomic E-state index is 12.3. The van der Waals surface area contributed by atoms with Gasteiger partial charge in [-0.15, -0.1) is 0 Å². The first kappa shape index (κ1) is 15.6. The van der Waals surface area contributed by atoms with Crippen LogP contribution >= 0.6 is 22.6 Å². The number of ether oxygens (including phenoxy) is 1. The molecule has 21 heavy (non-hydrogen) atoms. The first-order chi connectivity index (χ1) is 10.0. The van der Waals surface area contributed by atoms with Gasteiger partial charge in [0.1, 0.15) is 11.5 Å². The highest BCUT2D eigenvalue weighted by Crippen LogP contribution is 2.22. The maximum atomic E-state index is 12.3. The van der Waals surface area contributed by atoms with Gasteiger partial charge in [-0.3, -0.25) is 4.79 Å². The smallest absolute Gasteiger partial charge is 0.254 e. The standard InChI is InChI=1S/C16H16INO3/c1-18(10-11-4-3-5-13(8-11)21-2)16(20)12-6-7-14(17)15(19)9-12/h3-9,19H,10H2,1-2H3. The lowest BCUT2D eigenvalue weighted by Crippen LogP contribution is -2.26. The number of hydrogen-bond acceptors (Lipinski definition) is 3. The van der Waals surface area contributed by atoms with Crippen molar-refractivity contribution in [2.75, 3.05) is 14.2 Å². The highest BCUT2D eigenvalue weighted by molar-refractivity contribution is 14.1. The summed E-state index contributed by atoms with van der Waals surface area (Å²) in [5, 5.41) is 9.69. The van der Waals surface area contributed by atoms with Gasteiger partial charge in [0.15, 0.2) is 0 Å². The average Bonchev–Trinajstić information content (AvgIpc) is 2.49. The van der Waals surface area contributed by atoms with Crippen LogP contribution in [0.1, 0.15) is 15.9 Å². The molecule has 2 rings (SSSR count). The number of carbonyl (C=O) groups is 1. The van der Waals surface area contributed by atoms with Gasteiger partial charge >= 0.3 is 0 Å². The Balaban J connectivity index is 2.13. The van der Waals surface area contributed by atoms with Crippen LogP contribution in [0, 0.1) is 3.57 Å². The Morgan fingerprint density at radius 1 is 1.29 bits per heavy atom. The largest absolute Gasteiger partial charge is 0.507 e. The number of benzene rings is 2. The second-order valence-corrected chi connectivity index (χ2v) is 5.84. The molecule has 0 bridgehead atoms. The molecule has 0 saturated carbocycles. The summed E-state index contributed by atoms with van der Waals surface area (Å²) in [4.78, 5) is 14.0. The van der Waals surface area contributed by atoms with Crippen LogP contribution in [0.5, 0.6) is 11.5 Å². The van der Waals surface area contributed by atoms with E-state index in [1.165, 1.54) is 6.07 Å². The topological polar surface area (TPSA) is 49.8 Å². The number of amides is 1. The maximum Gasteiger partial charge on any atom is 0.254 e. The number of halogens is 1. The normalized spacial score (nSPS) is 10.2. The molecule has 1 N–H and O–H groups in total. The molecule has 0 saturated heterocycles. The van der Waals surface area contributed by atoms with Crippen LogP contribution in [-0.4, -0.2) is 30.1 Å².